The van der Waals surface area contributed by atoms with Crippen LogP contribution in [0.3, 0.4) is 0 Å². The molecule has 0 aliphatic carbocycles. The van der Waals surface area contributed by atoms with Gasteiger partial charge in [-0.2, -0.15) is 0 Å². The molecular formula is C15H17NO. The van der Waals surface area contributed by atoms with Crippen LogP contribution in [0, 0.1) is 0 Å². The molecule has 0 aliphatic rings. The molecule has 0 saturated carbocycles. The van der Waals surface area contributed by atoms with E-state index < -0.39 is 0 Å². The number of para-hydroxylation sites is 1. The van der Waals surface area contributed by atoms with Gasteiger partial charge in [-0.05, 0) is 29.3 Å². The zero-order valence-corrected chi connectivity index (χ0v) is 10.2. The first-order valence-electron chi connectivity index (χ1n) is 5.72. The molecule has 2 heteroatoms. The monoisotopic (exact) mass is 227 g/mol. The van der Waals surface area contributed by atoms with Crippen LogP contribution in [0.25, 0.3) is 0 Å². The fraction of sp³-hybridized carbons (Fsp3) is 0.200. The second-order valence-electron chi connectivity index (χ2n) is 3.94. The first kappa shape index (κ1) is 11.5. The topological polar surface area (TPSA) is 21.3 Å². The Bertz CT molecular complexity index is 494. The average molecular weight is 227 g/mol. The van der Waals surface area contributed by atoms with Crippen molar-refractivity contribution in [3.05, 3.63) is 59.7 Å². The van der Waals surface area contributed by atoms with Gasteiger partial charge in [0.1, 0.15) is 5.75 Å². The highest BCUT2D eigenvalue weighted by molar-refractivity contribution is 5.47. The fourth-order valence-corrected chi connectivity index (χ4v) is 1.91. The van der Waals surface area contributed by atoms with E-state index in [2.05, 4.69) is 35.6 Å². The molecule has 1 N–H and O–H groups in total. The minimum atomic E-state index is 0.888. The van der Waals surface area contributed by atoms with E-state index in [1.807, 2.05) is 25.2 Å². The van der Waals surface area contributed by atoms with Gasteiger partial charge in [0.15, 0.2) is 0 Å². The first-order chi connectivity index (χ1) is 8.33. The summed E-state index contributed by atoms with van der Waals surface area (Å²) in [5.41, 5.74) is 3.63. The van der Waals surface area contributed by atoms with Gasteiger partial charge < -0.3 is 10.1 Å². The molecule has 0 atom stereocenters. The molecular weight excluding hydrogens is 210 g/mol. The molecule has 0 spiro atoms. The van der Waals surface area contributed by atoms with Gasteiger partial charge in [0.25, 0.3) is 0 Å². The Hall–Kier alpha value is -1.96. The fourth-order valence-electron chi connectivity index (χ4n) is 1.91. The summed E-state index contributed by atoms with van der Waals surface area (Å²) in [6.45, 7) is 0. The van der Waals surface area contributed by atoms with Crippen LogP contribution in [0.5, 0.6) is 5.75 Å². The molecule has 17 heavy (non-hydrogen) atoms. The zero-order valence-electron chi connectivity index (χ0n) is 10.2. The maximum atomic E-state index is 5.36. The third-order valence-corrected chi connectivity index (χ3v) is 2.80. The van der Waals surface area contributed by atoms with Crippen molar-refractivity contribution < 1.29 is 4.74 Å². The Morgan fingerprint density at radius 1 is 1.06 bits per heavy atom. The molecule has 0 aliphatic heterocycles. The molecule has 0 saturated heterocycles. The molecule has 0 fully saturated rings. The van der Waals surface area contributed by atoms with Crippen LogP contribution in [-0.4, -0.2) is 14.2 Å². The van der Waals surface area contributed by atoms with Crippen molar-refractivity contribution in [1.29, 1.82) is 0 Å². The van der Waals surface area contributed by atoms with Gasteiger partial charge in [0, 0.05) is 19.2 Å². The summed E-state index contributed by atoms with van der Waals surface area (Å²) in [7, 11) is 3.64. The van der Waals surface area contributed by atoms with E-state index in [1.54, 1.807) is 7.11 Å². The maximum absolute atomic E-state index is 5.36. The zero-order chi connectivity index (χ0) is 12.1. The van der Waals surface area contributed by atoms with E-state index >= 15 is 0 Å². The first-order valence-corrected chi connectivity index (χ1v) is 5.72. The van der Waals surface area contributed by atoms with Crippen LogP contribution in [0.2, 0.25) is 0 Å². The highest BCUT2D eigenvalue weighted by atomic mass is 16.5. The Morgan fingerprint density at radius 3 is 2.65 bits per heavy atom. The van der Waals surface area contributed by atoms with Gasteiger partial charge in [-0.1, -0.05) is 30.3 Å². The summed E-state index contributed by atoms with van der Waals surface area (Å²) in [6, 6.07) is 16.6. The van der Waals surface area contributed by atoms with Crippen molar-refractivity contribution >= 4 is 5.69 Å². The van der Waals surface area contributed by atoms with Crippen LogP contribution in [0.15, 0.2) is 48.5 Å². The molecule has 0 unspecified atom stereocenters. The average Bonchev–Trinajstić information content (AvgIpc) is 2.39. The number of benzene rings is 2. The maximum Gasteiger partial charge on any atom is 0.122 e. The van der Waals surface area contributed by atoms with Crippen molar-refractivity contribution in [1.82, 2.24) is 0 Å². The van der Waals surface area contributed by atoms with Crippen molar-refractivity contribution in [2.45, 2.75) is 6.42 Å². The van der Waals surface area contributed by atoms with E-state index in [-0.39, 0.29) is 0 Å². The summed E-state index contributed by atoms with van der Waals surface area (Å²) >= 11 is 0. The number of rotatable bonds is 4. The molecule has 0 bridgehead atoms. The molecule has 2 rings (SSSR count). The third-order valence-electron chi connectivity index (χ3n) is 2.80. The minimum Gasteiger partial charge on any atom is -0.496 e. The summed E-state index contributed by atoms with van der Waals surface area (Å²) in [4.78, 5) is 0. The summed E-state index contributed by atoms with van der Waals surface area (Å²) in [5.74, 6) is 0.947. The molecule has 2 nitrogen and oxygen atoms in total. The number of hydrogen-bond donors (Lipinski definition) is 1. The predicted molar refractivity (Wildman–Crippen MR) is 71.8 cm³/mol. The lowest BCUT2D eigenvalue weighted by Crippen LogP contribution is -1.95. The lowest BCUT2D eigenvalue weighted by molar-refractivity contribution is 0.410. The Kier molecular flexibility index (Phi) is 3.66. The predicted octanol–water partition coefficient (Wildman–Crippen LogP) is 3.33. The number of hydrogen-bond acceptors (Lipinski definition) is 2. The third kappa shape index (κ3) is 2.78. The van der Waals surface area contributed by atoms with Gasteiger partial charge >= 0.3 is 0 Å². The van der Waals surface area contributed by atoms with E-state index in [1.165, 1.54) is 11.1 Å². The minimum absolute atomic E-state index is 0.888. The van der Waals surface area contributed by atoms with Crippen LogP contribution >= 0.6 is 0 Å². The summed E-state index contributed by atoms with van der Waals surface area (Å²) < 4.78 is 5.36. The molecule has 2 aromatic carbocycles. The van der Waals surface area contributed by atoms with Crippen LogP contribution < -0.4 is 10.1 Å². The van der Waals surface area contributed by atoms with Gasteiger partial charge in [-0.15, -0.1) is 0 Å². The smallest absolute Gasteiger partial charge is 0.122 e. The van der Waals surface area contributed by atoms with E-state index in [9.17, 15) is 0 Å². The highest BCUT2D eigenvalue weighted by Gasteiger charge is 2.03. The van der Waals surface area contributed by atoms with Crippen LogP contribution in [0.1, 0.15) is 11.1 Å². The van der Waals surface area contributed by atoms with Gasteiger partial charge in [0.2, 0.25) is 0 Å². The normalized spacial score (nSPS) is 10.0. The Balaban J connectivity index is 2.24. The van der Waals surface area contributed by atoms with E-state index in [4.69, 9.17) is 4.74 Å². The lowest BCUT2D eigenvalue weighted by atomic mass is 10.0. The number of ether oxygens (including phenoxy) is 1. The van der Waals surface area contributed by atoms with Crippen molar-refractivity contribution in [3.63, 3.8) is 0 Å². The van der Waals surface area contributed by atoms with Crippen molar-refractivity contribution in [2.24, 2.45) is 0 Å². The molecule has 2 aromatic rings. The largest absolute Gasteiger partial charge is 0.496 e. The van der Waals surface area contributed by atoms with Crippen LogP contribution in [0.4, 0.5) is 5.69 Å². The molecule has 0 amide bonds. The van der Waals surface area contributed by atoms with E-state index in [0.717, 1.165) is 17.9 Å². The number of methoxy groups -OCH3 is 1. The molecule has 0 heterocycles. The molecule has 0 aromatic heterocycles. The van der Waals surface area contributed by atoms with Gasteiger partial charge in [0.05, 0.1) is 7.11 Å². The quantitative estimate of drug-likeness (QED) is 0.865. The second-order valence-corrected chi connectivity index (χ2v) is 3.94. The van der Waals surface area contributed by atoms with Crippen molar-refractivity contribution in [2.75, 3.05) is 19.5 Å². The SMILES string of the molecule is CNc1cccc(Cc2ccccc2OC)c1. The highest BCUT2D eigenvalue weighted by Crippen LogP contribution is 2.22. The second kappa shape index (κ2) is 5.39. The number of anilines is 1. The lowest BCUT2D eigenvalue weighted by Gasteiger charge is -2.09. The summed E-state index contributed by atoms with van der Waals surface area (Å²) in [5, 5.41) is 3.15. The number of nitrogens with one attached hydrogen (secondary N) is 1. The molecule has 0 radical (unpaired) electrons. The standard InChI is InChI=1S/C15H17NO/c1-16-14-8-5-6-12(11-14)10-13-7-3-4-9-15(13)17-2/h3-9,11,16H,10H2,1-2H3. The van der Waals surface area contributed by atoms with E-state index in [0.29, 0.717) is 0 Å². The van der Waals surface area contributed by atoms with Gasteiger partial charge in [-0.3, -0.25) is 0 Å². The Morgan fingerprint density at radius 2 is 1.88 bits per heavy atom. The van der Waals surface area contributed by atoms with Crippen molar-refractivity contribution in [3.8, 4) is 5.75 Å². The molecule has 88 valence electrons. The van der Waals surface area contributed by atoms with Crippen LogP contribution in [-0.2, 0) is 6.42 Å². The van der Waals surface area contributed by atoms with Gasteiger partial charge in [-0.25, -0.2) is 0 Å². The Labute approximate surface area is 102 Å². The summed E-state index contributed by atoms with van der Waals surface area (Å²) in [6.07, 6.45) is 0.888.